The standard InChI is InChI=1S/C22H28N2O3.ClH/c1-5-12-27-20-11-10-18(13-21(20)26-4)22(25)24-14-19(23)17-8-6-16(7-9-17)15(2)3;/h5-11,13,15,19H,1,12,14,23H2,2-4H3,(H,24,25);1H. The Hall–Kier alpha value is -2.50. The van der Waals surface area contributed by atoms with Crippen LogP contribution in [0.3, 0.4) is 0 Å². The van der Waals surface area contributed by atoms with Crippen LogP contribution in [0.1, 0.15) is 47.3 Å². The van der Waals surface area contributed by atoms with Crippen LogP contribution in [0.4, 0.5) is 0 Å². The van der Waals surface area contributed by atoms with Gasteiger partial charge in [-0.2, -0.15) is 0 Å². The summed E-state index contributed by atoms with van der Waals surface area (Å²) in [7, 11) is 1.54. The Bertz CT molecular complexity index is 776. The van der Waals surface area contributed by atoms with Crippen molar-refractivity contribution < 1.29 is 14.3 Å². The number of hydrogen-bond donors (Lipinski definition) is 2. The molecule has 3 N–H and O–H groups in total. The molecule has 0 aliphatic carbocycles. The smallest absolute Gasteiger partial charge is 0.251 e. The van der Waals surface area contributed by atoms with E-state index in [1.165, 1.54) is 12.7 Å². The van der Waals surface area contributed by atoms with Crippen LogP contribution in [0.5, 0.6) is 11.5 Å². The quantitative estimate of drug-likeness (QED) is 0.613. The SMILES string of the molecule is C=CCOc1ccc(C(=O)NCC(N)c2ccc(C(C)C)cc2)cc1OC.Cl. The third kappa shape index (κ3) is 6.29. The van der Waals surface area contributed by atoms with Crippen molar-refractivity contribution in [3.63, 3.8) is 0 Å². The van der Waals surface area contributed by atoms with Crippen LogP contribution in [0, 0.1) is 0 Å². The molecule has 0 aliphatic heterocycles. The fourth-order valence-electron chi connectivity index (χ4n) is 2.63. The number of hydrogen-bond acceptors (Lipinski definition) is 4. The maximum absolute atomic E-state index is 12.4. The average molecular weight is 405 g/mol. The number of ether oxygens (including phenoxy) is 2. The molecule has 1 atom stereocenters. The van der Waals surface area contributed by atoms with Crippen LogP contribution in [0.25, 0.3) is 0 Å². The molecule has 0 bridgehead atoms. The zero-order valence-electron chi connectivity index (χ0n) is 16.6. The van der Waals surface area contributed by atoms with Crippen LogP contribution < -0.4 is 20.5 Å². The number of rotatable bonds is 9. The number of amides is 1. The highest BCUT2D eigenvalue weighted by molar-refractivity contribution is 5.94. The molecule has 6 heteroatoms. The number of nitrogens with two attached hydrogens (primary N) is 1. The van der Waals surface area contributed by atoms with Crippen LogP contribution in [0.15, 0.2) is 55.1 Å². The van der Waals surface area contributed by atoms with Crippen molar-refractivity contribution in [2.45, 2.75) is 25.8 Å². The zero-order valence-corrected chi connectivity index (χ0v) is 17.4. The summed E-state index contributed by atoms with van der Waals surface area (Å²) in [5, 5.41) is 2.87. The predicted octanol–water partition coefficient (Wildman–Crippen LogP) is 4.24. The monoisotopic (exact) mass is 404 g/mol. The van der Waals surface area contributed by atoms with Crippen molar-refractivity contribution in [3.8, 4) is 11.5 Å². The van der Waals surface area contributed by atoms with Gasteiger partial charge in [0.05, 0.1) is 7.11 Å². The molecule has 0 saturated heterocycles. The molecule has 2 aromatic rings. The first kappa shape index (κ1) is 23.5. The lowest BCUT2D eigenvalue weighted by atomic mass is 9.99. The summed E-state index contributed by atoms with van der Waals surface area (Å²) in [6, 6.07) is 13.0. The fraction of sp³-hybridized carbons (Fsp3) is 0.318. The lowest BCUT2D eigenvalue weighted by molar-refractivity contribution is 0.0951. The third-order valence-corrected chi connectivity index (χ3v) is 4.30. The van der Waals surface area contributed by atoms with E-state index in [9.17, 15) is 4.79 Å². The number of nitrogens with one attached hydrogen (secondary N) is 1. The van der Waals surface area contributed by atoms with Gasteiger partial charge in [-0.15, -0.1) is 12.4 Å². The second-order valence-electron chi connectivity index (χ2n) is 6.60. The summed E-state index contributed by atoms with van der Waals surface area (Å²) in [5.41, 5.74) is 8.96. The molecule has 0 aliphatic rings. The highest BCUT2D eigenvalue weighted by Crippen LogP contribution is 2.28. The first-order valence-corrected chi connectivity index (χ1v) is 9.01. The summed E-state index contributed by atoms with van der Waals surface area (Å²) in [5.74, 6) is 1.33. The number of carbonyl (C=O) groups excluding carboxylic acids is 1. The van der Waals surface area contributed by atoms with Gasteiger partial charge in [-0.1, -0.05) is 50.8 Å². The van der Waals surface area contributed by atoms with Gasteiger partial charge in [0.15, 0.2) is 11.5 Å². The fourth-order valence-corrected chi connectivity index (χ4v) is 2.63. The number of carbonyl (C=O) groups is 1. The first-order chi connectivity index (χ1) is 13.0. The van der Waals surface area contributed by atoms with Gasteiger partial charge in [0.1, 0.15) is 6.61 Å². The Morgan fingerprint density at radius 3 is 2.36 bits per heavy atom. The molecule has 0 saturated carbocycles. The molecule has 0 heterocycles. The molecule has 152 valence electrons. The van der Waals surface area contributed by atoms with Gasteiger partial charge in [-0.05, 0) is 35.2 Å². The van der Waals surface area contributed by atoms with Gasteiger partial charge in [-0.3, -0.25) is 4.79 Å². The molecule has 0 radical (unpaired) electrons. The second-order valence-corrected chi connectivity index (χ2v) is 6.60. The van der Waals surface area contributed by atoms with Gasteiger partial charge in [-0.25, -0.2) is 0 Å². The summed E-state index contributed by atoms with van der Waals surface area (Å²) in [6.45, 7) is 8.63. The van der Waals surface area contributed by atoms with E-state index in [1.54, 1.807) is 24.3 Å². The molecule has 1 unspecified atom stereocenters. The molecule has 1 amide bonds. The van der Waals surface area contributed by atoms with Crippen LogP contribution in [-0.4, -0.2) is 26.2 Å². The number of halogens is 1. The van der Waals surface area contributed by atoms with Crippen molar-refractivity contribution in [2.24, 2.45) is 5.73 Å². The van der Waals surface area contributed by atoms with E-state index in [2.05, 4.69) is 37.9 Å². The highest BCUT2D eigenvalue weighted by Gasteiger charge is 2.13. The van der Waals surface area contributed by atoms with E-state index >= 15 is 0 Å². The Balaban J connectivity index is 0.00000392. The van der Waals surface area contributed by atoms with E-state index in [4.69, 9.17) is 15.2 Å². The highest BCUT2D eigenvalue weighted by atomic mass is 35.5. The van der Waals surface area contributed by atoms with Crippen LogP contribution in [-0.2, 0) is 0 Å². The minimum absolute atomic E-state index is 0. The first-order valence-electron chi connectivity index (χ1n) is 9.01. The molecule has 5 nitrogen and oxygen atoms in total. The van der Waals surface area contributed by atoms with Gasteiger partial charge in [0.2, 0.25) is 0 Å². The largest absolute Gasteiger partial charge is 0.493 e. The Labute approximate surface area is 173 Å². The number of benzene rings is 2. The summed E-state index contributed by atoms with van der Waals surface area (Å²) in [6.07, 6.45) is 1.65. The van der Waals surface area contributed by atoms with E-state index in [0.717, 1.165) is 5.56 Å². The predicted molar refractivity (Wildman–Crippen MR) is 116 cm³/mol. The maximum atomic E-state index is 12.4. The van der Waals surface area contributed by atoms with E-state index in [0.29, 0.717) is 36.1 Å². The van der Waals surface area contributed by atoms with Gasteiger partial charge in [0, 0.05) is 18.2 Å². The molecule has 0 fully saturated rings. The molecule has 0 spiro atoms. The summed E-state index contributed by atoms with van der Waals surface area (Å²) < 4.78 is 10.8. The molecule has 28 heavy (non-hydrogen) atoms. The van der Waals surface area contributed by atoms with Crippen molar-refractivity contribution in [1.82, 2.24) is 5.32 Å². The summed E-state index contributed by atoms with van der Waals surface area (Å²) in [4.78, 5) is 12.4. The minimum atomic E-state index is -0.271. The average Bonchev–Trinajstić information content (AvgIpc) is 2.70. The maximum Gasteiger partial charge on any atom is 0.251 e. The van der Waals surface area contributed by atoms with Gasteiger partial charge >= 0.3 is 0 Å². The second kappa shape index (κ2) is 11.4. The molecule has 2 rings (SSSR count). The third-order valence-electron chi connectivity index (χ3n) is 4.30. The lowest BCUT2D eigenvalue weighted by Gasteiger charge is -2.15. The van der Waals surface area contributed by atoms with E-state index in [1.807, 2.05) is 12.1 Å². The Morgan fingerprint density at radius 2 is 1.79 bits per heavy atom. The van der Waals surface area contributed by atoms with Gasteiger partial charge in [0.25, 0.3) is 5.91 Å². The Morgan fingerprint density at radius 1 is 1.14 bits per heavy atom. The van der Waals surface area contributed by atoms with Crippen molar-refractivity contribution >= 4 is 18.3 Å². The van der Waals surface area contributed by atoms with Crippen molar-refractivity contribution in [1.29, 1.82) is 0 Å². The van der Waals surface area contributed by atoms with Crippen LogP contribution >= 0.6 is 12.4 Å². The van der Waals surface area contributed by atoms with Gasteiger partial charge < -0.3 is 20.5 Å². The zero-order chi connectivity index (χ0) is 19.8. The van der Waals surface area contributed by atoms with Crippen LogP contribution in [0.2, 0.25) is 0 Å². The van der Waals surface area contributed by atoms with E-state index in [-0.39, 0.29) is 24.4 Å². The molecular weight excluding hydrogens is 376 g/mol. The lowest BCUT2D eigenvalue weighted by Crippen LogP contribution is -2.31. The van der Waals surface area contributed by atoms with Crippen molar-refractivity contribution in [3.05, 3.63) is 71.8 Å². The normalized spacial score (nSPS) is 11.3. The number of methoxy groups -OCH3 is 1. The Kier molecular flexibility index (Phi) is 9.56. The molecule has 0 aromatic heterocycles. The van der Waals surface area contributed by atoms with E-state index < -0.39 is 0 Å². The summed E-state index contributed by atoms with van der Waals surface area (Å²) >= 11 is 0. The minimum Gasteiger partial charge on any atom is -0.493 e. The molecule has 2 aromatic carbocycles. The van der Waals surface area contributed by atoms with Crippen molar-refractivity contribution in [2.75, 3.05) is 20.3 Å². The molecular formula is C22H29ClN2O3. The topological polar surface area (TPSA) is 73.6 Å².